The van der Waals surface area contributed by atoms with Gasteiger partial charge in [0, 0.05) is 11.5 Å². The molecular weight excluding hydrogens is 280 g/mol. The zero-order valence-electron chi connectivity index (χ0n) is 13.1. The molecule has 0 radical (unpaired) electrons. The highest BCUT2D eigenvalue weighted by atomic mass is 16.6. The monoisotopic (exact) mass is 302 g/mol. The minimum Gasteiger partial charge on any atom is -0.465 e. The molecular formula is C18H22O4. The highest BCUT2D eigenvalue weighted by molar-refractivity contribution is 6.04. The molecule has 22 heavy (non-hydrogen) atoms. The fourth-order valence-corrected chi connectivity index (χ4v) is 3.94. The summed E-state index contributed by atoms with van der Waals surface area (Å²) in [5, 5.41) is 0. The summed E-state index contributed by atoms with van der Waals surface area (Å²) in [7, 11) is 0. The second kappa shape index (κ2) is 5.75. The van der Waals surface area contributed by atoms with Crippen LogP contribution < -0.4 is 4.74 Å². The van der Waals surface area contributed by atoms with Crippen LogP contribution in [-0.4, -0.2) is 18.5 Å². The van der Waals surface area contributed by atoms with Gasteiger partial charge in [0.05, 0.1) is 6.61 Å². The molecule has 2 aliphatic rings. The number of para-hydroxylation sites is 1. The van der Waals surface area contributed by atoms with Gasteiger partial charge in [-0.1, -0.05) is 38.0 Å². The molecule has 0 N–H and O–H groups in total. The first-order valence-electron chi connectivity index (χ1n) is 8.13. The maximum Gasteiger partial charge on any atom is 0.329 e. The lowest BCUT2D eigenvalue weighted by molar-refractivity contribution is -0.184. The van der Waals surface area contributed by atoms with Crippen LogP contribution in [0.1, 0.15) is 51.0 Å². The molecule has 1 aliphatic carbocycles. The number of hydrogen-bond donors (Lipinski definition) is 0. The van der Waals surface area contributed by atoms with Crippen molar-refractivity contribution in [2.24, 2.45) is 11.3 Å². The molecule has 0 saturated heterocycles. The number of unbranched alkanes of at least 4 members (excludes halogenated alkanes) is 1. The smallest absolute Gasteiger partial charge is 0.329 e. The van der Waals surface area contributed by atoms with Crippen molar-refractivity contribution >= 4 is 11.9 Å². The maximum atomic E-state index is 12.6. The molecule has 1 aromatic carbocycles. The molecule has 0 aromatic heterocycles. The van der Waals surface area contributed by atoms with Crippen LogP contribution in [0, 0.1) is 11.3 Å². The molecule has 0 spiro atoms. The van der Waals surface area contributed by atoms with Crippen molar-refractivity contribution in [3.63, 3.8) is 0 Å². The normalized spacial score (nSPS) is 28.9. The Balaban J connectivity index is 1.99. The SMILES string of the molecule is CCCCC1C[C@]2(C(=O)OCC)C(=O)Oc3ccccc3[C@H]12. The molecule has 4 heteroatoms. The highest BCUT2D eigenvalue weighted by Gasteiger charge is 2.68. The molecule has 1 heterocycles. The summed E-state index contributed by atoms with van der Waals surface area (Å²) >= 11 is 0. The van der Waals surface area contributed by atoms with E-state index in [0.717, 1.165) is 24.8 Å². The largest absolute Gasteiger partial charge is 0.465 e. The molecule has 1 aliphatic heterocycles. The van der Waals surface area contributed by atoms with Gasteiger partial charge >= 0.3 is 11.9 Å². The second-order valence-electron chi connectivity index (χ2n) is 6.20. The van der Waals surface area contributed by atoms with Crippen LogP contribution in [0.3, 0.4) is 0 Å². The summed E-state index contributed by atoms with van der Waals surface area (Å²) in [5.74, 6) is -0.0258. The first kappa shape index (κ1) is 15.1. The van der Waals surface area contributed by atoms with E-state index in [0.29, 0.717) is 18.1 Å². The lowest BCUT2D eigenvalue weighted by Crippen LogP contribution is -2.60. The van der Waals surface area contributed by atoms with Gasteiger partial charge in [0.1, 0.15) is 5.75 Å². The Morgan fingerprint density at radius 2 is 2.14 bits per heavy atom. The lowest BCUT2D eigenvalue weighted by atomic mass is 9.49. The Labute approximate surface area is 130 Å². The fourth-order valence-electron chi connectivity index (χ4n) is 3.94. The third-order valence-electron chi connectivity index (χ3n) is 4.98. The van der Waals surface area contributed by atoms with Crippen LogP contribution in [0.4, 0.5) is 0 Å². The van der Waals surface area contributed by atoms with Crippen molar-refractivity contribution in [1.82, 2.24) is 0 Å². The average molecular weight is 302 g/mol. The van der Waals surface area contributed by atoms with E-state index in [1.807, 2.05) is 18.2 Å². The number of benzene rings is 1. The number of carbonyl (C=O) groups is 2. The van der Waals surface area contributed by atoms with Gasteiger partial charge in [0.2, 0.25) is 0 Å². The summed E-state index contributed by atoms with van der Waals surface area (Å²) in [6, 6.07) is 7.56. The zero-order valence-corrected chi connectivity index (χ0v) is 13.1. The lowest BCUT2D eigenvalue weighted by Gasteiger charge is -2.53. The van der Waals surface area contributed by atoms with E-state index in [4.69, 9.17) is 9.47 Å². The van der Waals surface area contributed by atoms with Gasteiger partial charge in [0.25, 0.3) is 0 Å². The first-order chi connectivity index (χ1) is 10.6. The summed E-state index contributed by atoms with van der Waals surface area (Å²) in [6.45, 7) is 4.20. The van der Waals surface area contributed by atoms with Crippen LogP contribution in [0.25, 0.3) is 0 Å². The topological polar surface area (TPSA) is 52.6 Å². The van der Waals surface area contributed by atoms with Crippen molar-refractivity contribution in [3.8, 4) is 5.75 Å². The Morgan fingerprint density at radius 1 is 1.36 bits per heavy atom. The van der Waals surface area contributed by atoms with Crippen LogP contribution >= 0.6 is 0 Å². The van der Waals surface area contributed by atoms with Gasteiger partial charge in [-0.15, -0.1) is 0 Å². The van der Waals surface area contributed by atoms with Crippen molar-refractivity contribution < 1.29 is 19.1 Å². The van der Waals surface area contributed by atoms with Crippen LogP contribution in [-0.2, 0) is 14.3 Å². The first-order valence-corrected chi connectivity index (χ1v) is 8.13. The van der Waals surface area contributed by atoms with Crippen LogP contribution in [0.5, 0.6) is 5.75 Å². The second-order valence-corrected chi connectivity index (χ2v) is 6.20. The van der Waals surface area contributed by atoms with Gasteiger partial charge in [-0.05, 0) is 31.7 Å². The summed E-state index contributed by atoms with van der Waals surface area (Å²) in [6.07, 6.45) is 3.80. The molecule has 1 aromatic rings. The summed E-state index contributed by atoms with van der Waals surface area (Å²) in [4.78, 5) is 25.1. The number of fused-ring (bicyclic) bond motifs is 3. The third-order valence-corrected chi connectivity index (χ3v) is 4.98. The van der Waals surface area contributed by atoms with Crippen LogP contribution in [0.2, 0.25) is 0 Å². The Morgan fingerprint density at radius 3 is 2.86 bits per heavy atom. The fraction of sp³-hybridized carbons (Fsp3) is 0.556. The molecule has 1 unspecified atom stereocenters. The van der Waals surface area contributed by atoms with Crippen molar-refractivity contribution in [1.29, 1.82) is 0 Å². The number of rotatable bonds is 5. The molecule has 0 amide bonds. The van der Waals surface area contributed by atoms with E-state index < -0.39 is 17.4 Å². The van der Waals surface area contributed by atoms with E-state index >= 15 is 0 Å². The molecule has 3 rings (SSSR count). The average Bonchev–Trinajstić information content (AvgIpc) is 2.48. The van der Waals surface area contributed by atoms with Crippen molar-refractivity contribution in [3.05, 3.63) is 29.8 Å². The maximum absolute atomic E-state index is 12.6. The van der Waals surface area contributed by atoms with Gasteiger partial charge in [-0.25, -0.2) is 0 Å². The molecule has 0 bridgehead atoms. The minimum atomic E-state index is -1.12. The van der Waals surface area contributed by atoms with Gasteiger partial charge in [0.15, 0.2) is 5.41 Å². The summed E-state index contributed by atoms with van der Waals surface area (Å²) in [5.41, 5.74) is -0.148. The highest BCUT2D eigenvalue weighted by Crippen LogP contribution is 2.63. The zero-order chi connectivity index (χ0) is 15.7. The molecule has 1 saturated carbocycles. The number of esters is 2. The van der Waals surface area contributed by atoms with E-state index in [1.54, 1.807) is 13.0 Å². The van der Waals surface area contributed by atoms with E-state index in [1.165, 1.54) is 0 Å². The van der Waals surface area contributed by atoms with E-state index in [-0.39, 0.29) is 12.5 Å². The number of hydrogen-bond acceptors (Lipinski definition) is 4. The molecule has 3 atom stereocenters. The van der Waals surface area contributed by atoms with Gasteiger partial charge < -0.3 is 9.47 Å². The minimum absolute atomic E-state index is 0.101. The van der Waals surface area contributed by atoms with Gasteiger partial charge in [-0.3, -0.25) is 9.59 Å². The Kier molecular flexibility index (Phi) is 3.94. The quantitative estimate of drug-likeness (QED) is 0.475. The standard InChI is InChI=1S/C18H22O4/c1-3-5-8-12-11-18(16(19)21-4-2)15(12)13-9-6-7-10-14(13)22-17(18)20/h6-7,9-10,12,15H,3-5,8,11H2,1-2H3/t12?,15-,18-/m0/s1. The molecule has 1 fully saturated rings. The van der Waals surface area contributed by atoms with E-state index in [2.05, 4.69) is 6.92 Å². The predicted molar refractivity (Wildman–Crippen MR) is 81.5 cm³/mol. The Bertz CT molecular complexity index is 595. The number of ether oxygens (including phenoxy) is 2. The molecule has 118 valence electrons. The molecule has 4 nitrogen and oxygen atoms in total. The summed E-state index contributed by atoms with van der Waals surface area (Å²) < 4.78 is 10.7. The predicted octanol–water partition coefficient (Wildman–Crippen LogP) is 3.45. The Hall–Kier alpha value is -1.84. The van der Waals surface area contributed by atoms with Gasteiger partial charge in [-0.2, -0.15) is 0 Å². The third kappa shape index (κ3) is 2.04. The van der Waals surface area contributed by atoms with Crippen molar-refractivity contribution in [2.45, 2.75) is 45.4 Å². The van der Waals surface area contributed by atoms with E-state index in [9.17, 15) is 9.59 Å². The number of carbonyl (C=O) groups excluding carboxylic acids is 2. The van der Waals surface area contributed by atoms with Crippen molar-refractivity contribution in [2.75, 3.05) is 6.61 Å². The van der Waals surface area contributed by atoms with Crippen LogP contribution in [0.15, 0.2) is 24.3 Å².